The van der Waals surface area contributed by atoms with Crippen LogP contribution in [0.15, 0.2) is 11.8 Å². The molecule has 2 atom stereocenters. The first kappa shape index (κ1) is 9.09. The fraction of sp³-hybridized carbons (Fsp3) is 0.571. The van der Waals surface area contributed by atoms with Crippen molar-refractivity contribution in [1.29, 1.82) is 0 Å². The van der Waals surface area contributed by atoms with Gasteiger partial charge in [0, 0.05) is 11.5 Å². The fourth-order valence-corrected chi connectivity index (χ4v) is 4.52. The Kier molecular flexibility index (Phi) is 2.53. The van der Waals surface area contributed by atoms with Crippen molar-refractivity contribution in [1.82, 2.24) is 4.90 Å². The number of carbonyl (C=O) groups excluding carboxylic acids is 1. The van der Waals surface area contributed by atoms with Crippen LogP contribution in [0.1, 0.15) is 6.42 Å². The molecule has 1 unspecified atom stereocenters. The number of nitrogens with zero attached hydrogens (tertiary/aromatic N) is 1. The molecule has 2 nitrogen and oxygen atoms in total. The van der Waals surface area contributed by atoms with Gasteiger partial charge >= 0.3 is 0 Å². The van der Waals surface area contributed by atoms with E-state index < -0.39 is 0 Å². The SMILES string of the molecule is O=C1C[C@H]2SC(Br)C(CBr)=CN12. The van der Waals surface area contributed by atoms with Crippen LogP contribution in [-0.4, -0.2) is 25.7 Å². The summed E-state index contributed by atoms with van der Waals surface area (Å²) in [4.78, 5) is 12.9. The summed E-state index contributed by atoms with van der Waals surface area (Å²) in [5.41, 5.74) is 1.23. The third-order valence-corrected chi connectivity index (χ3v) is 5.11. The minimum atomic E-state index is 0.241. The van der Waals surface area contributed by atoms with Gasteiger partial charge in [-0.3, -0.25) is 4.79 Å². The van der Waals surface area contributed by atoms with Crippen LogP contribution in [0.2, 0.25) is 0 Å². The summed E-state index contributed by atoms with van der Waals surface area (Å²) in [7, 11) is 0. The summed E-state index contributed by atoms with van der Waals surface area (Å²) < 4.78 is 0.367. The second-order valence-electron chi connectivity index (χ2n) is 2.75. The second-order valence-corrected chi connectivity index (χ2v) is 6.12. The summed E-state index contributed by atoms with van der Waals surface area (Å²) in [6.45, 7) is 0. The van der Waals surface area contributed by atoms with Crippen LogP contribution >= 0.6 is 43.6 Å². The number of β-lactam (4-membered cyclic amide) rings is 1. The Hall–Kier alpha value is 0.520. The molecular weight excluding hydrogens is 306 g/mol. The molecule has 66 valence electrons. The standard InChI is InChI=1S/C7H7Br2NOS/c8-2-4-3-10-5(11)1-6(10)12-7(4)9/h3,6-7H,1-2H2/t6-,7?/m1/s1. The van der Waals surface area contributed by atoms with Crippen LogP contribution in [0.3, 0.4) is 0 Å². The van der Waals surface area contributed by atoms with Crippen LogP contribution < -0.4 is 0 Å². The molecule has 0 saturated carbocycles. The molecule has 0 bridgehead atoms. The van der Waals surface area contributed by atoms with Gasteiger partial charge in [0.25, 0.3) is 0 Å². The quantitative estimate of drug-likeness (QED) is 0.547. The number of thioether (sulfide) groups is 1. The third kappa shape index (κ3) is 1.36. The zero-order valence-electron chi connectivity index (χ0n) is 6.17. The molecule has 12 heavy (non-hydrogen) atoms. The molecule has 0 radical (unpaired) electrons. The molecule has 1 fully saturated rings. The minimum Gasteiger partial charge on any atom is -0.306 e. The first-order valence-electron chi connectivity index (χ1n) is 3.59. The number of hydrogen-bond donors (Lipinski definition) is 0. The van der Waals surface area contributed by atoms with Gasteiger partial charge < -0.3 is 4.90 Å². The fourth-order valence-electron chi connectivity index (χ4n) is 1.23. The monoisotopic (exact) mass is 311 g/mol. The van der Waals surface area contributed by atoms with E-state index in [1.807, 2.05) is 11.1 Å². The predicted octanol–water partition coefficient (Wildman–Crippen LogP) is 2.29. The van der Waals surface area contributed by atoms with Crippen molar-refractivity contribution in [2.24, 2.45) is 0 Å². The Morgan fingerprint density at radius 1 is 1.75 bits per heavy atom. The van der Waals surface area contributed by atoms with Crippen molar-refractivity contribution in [3.05, 3.63) is 11.8 Å². The molecule has 0 aromatic carbocycles. The highest BCUT2D eigenvalue weighted by atomic mass is 79.9. The summed E-state index contributed by atoms with van der Waals surface area (Å²) in [6.07, 6.45) is 2.65. The Balaban J connectivity index is 2.18. The van der Waals surface area contributed by atoms with Crippen LogP contribution in [0, 0.1) is 0 Å². The Bertz CT molecular complexity index is 256. The molecule has 0 spiro atoms. The molecule has 2 aliphatic heterocycles. The predicted molar refractivity (Wildman–Crippen MR) is 57.4 cm³/mol. The van der Waals surface area contributed by atoms with Crippen molar-refractivity contribution in [3.8, 4) is 0 Å². The third-order valence-electron chi connectivity index (χ3n) is 1.97. The van der Waals surface area contributed by atoms with Gasteiger partial charge in [-0.15, -0.1) is 11.8 Å². The van der Waals surface area contributed by atoms with Gasteiger partial charge in [0.15, 0.2) is 0 Å². The Morgan fingerprint density at radius 3 is 3.08 bits per heavy atom. The van der Waals surface area contributed by atoms with E-state index in [-0.39, 0.29) is 5.91 Å². The number of fused-ring (bicyclic) bond motifs is 1. The molecule has 0 aliphatic carbocycles. The average Bonchev–Trinajstić information content (AvgIpc) is 2.04. The summed E-state index contributed by atoms with van der Waals surface area (Å²) in [5.74, 6) is 0.241. The van der Waals surface area contributed by atoms with Gasteiger partial charge in [-0.2, -0.15) is 0 Å². The van der Waals surface area contributed by atoms with Gasteiger partial charge in [0.1, 0.15) is 0 Å². The molecule has 2 rings (SSSR count). The molecule has 2 aliphatic rings. The largest absolute Gasteiger partial charge is 0.306 e. The highest BCUT2D eigenvalue weighted by molar-refractivity contribution is 9.11. The molecule has 1 saturated heterocycles. The van der Waals surface area contributed by atoms with E-state index in [9.17, 15) is 4.79 Å². The number of amides is 1. The van der Waals surface area contributed by atoms with Gasteiger partial charge in [-0.25, -0.2) is 0 Å². The maximum absolute atomic E-state index is 11.1. The zero-order chi connectivity index (χ0) is 8.72. The lowest BCUT2D eigenvalue weighted by molar-refractivity contribution is -0.137. The highest BCUT2D eigenvalue weighted by Gasteiger charge is 2.40. The molecule has 0 aromatic rings. The first-order valence-corrected chi connectivity index (χ1v) is 6.57. The summed E-state index contributed by atoms with van der Waals surface area (Å²) in [5, 5.41) is 1.21. The van der Waals surface area contributed by atoms with Crippen molar-refractivity contribution in [2.75, 3.05) is 5.33 Å². The van der Waals surface area contributed by atoms with Gasteiger partial charge in [-0.05, 0) is 5.57 Å². The maximum Gasteiger partial charge on any atom is 0.230 e. The van der Waals surface area contributed by atoms with Crippen LogP contribution in [0.4, 0.5) is 0 Å². The molecule has 0 N–H and O–H groups in total. The van der Waals surface area contributed by atoms with Crippen LogP contribution in [0.5, 0.6) is 0 Å². The number of alkyl halides is 2. The Morgan fingerprint density at radius 2 is 2.50 bits per heavy atom. The lowest BCUT2D eigenvalue weighted by Crippen LogP contribution is -2.50. The van der Waals surface area contributed by atoms with Crippen molar-refractivity contribution in [3.63, 3.8) is 0 Å². The summed E-state index contributed by atoms with van der Waals surface area (Å²) in [6, 6.07) is 0. The van der Waals surface area contributed by atoms with E-state index in [4.69, 9.17) is 0 Å². The first-order chi connectivity index (χ1) is 5.72. The average molecular weight is 313 g/mol. The van der Waals surface area contributed by atoms with Crippen LogP contribution in [0.25, 0.3) is 0 Å². The van der Waals surface area contributed by atoms with Crippen molar-refractivity contribution >= 4 is 49.5 Å². The van der Waals surface area contributed by atoms with Gasteiger partial charge in [0.2, 0.25) is 5.91 Å². The second kappa shape index (κ2) is 3.35. The lowest BCUT2D eigenvalue weighted by Gasteiger charge is -2.42. The number of hydrogen-bond acceptors (Lipinski definition) is 2. The number of rotatable bonds is 1. The lowest BCUT2D eigenvalue weighted by atomic mass is 10.2. The van der Waals surface area contributed by atoms with E-state index in [1.165, 1.54) is 5.57 Å². The molecule has 2 heterocycles. The zero-order valence-corrected chi connectivity index (χ0v) is 10.2. The molecular formula is C7H7Br2NOS. The smallest absolute Gasteiger partial charge is 0.230 e. The maximum atomic E-state index is 11.1. The van der Waals surface area contributed by atoms with E-state index in [2.05, 4.69) is 31.9 Å². The number of halogens is 2. The minimum absolute atomic E-state index is 0.241. The highest BCUT2D eigenvalue weighted by Crippen LogP contribution is 2.42. The number of carbonyl (C=O) groups is 1. The molecule has 5 heteroatoms. The van der Waals surface area contributed by atoms with E-state index in [0.29, 0.717) is 16.0 Å². The molecule has 1 amide bonds. The normalized spacial score (nSPS) is 34.0. The summed E-state index contributed by atoms with van der Waals surface area (Å²) >= 11 is 8.75. The van der Waals surface area contributed by atoms with Crippen molar-refractivity contribution < 1.29 is 4.79 Å². The van der Waals surface area contributed by atoms with Crippen LogP contribution in [-0.2, 0) is 4.79 Å². The van der Waals surface area contributed by atoms with E-state index >= 15 is 0 Å². The van der Waals surface area contributed by atoms with E-state index in [0.717, 1.165) is 5.33 Å². The topological polar surface area (TPSA) is 20.3 Å². The molecule has 0 aromatic heterocycles. The van der Waals surface area contributed by atoms with Gasteiger partial charge in [0.05, 0.1) is 16.0 Å². The van der Waals surface area contributed by atoms with E-state index in [1.54, 1.807) is 11.8 Å². The van der Waals surface area contributed by atoms with Crippen molar-refractivity contribution in [2.45, 2.75) is 16.0 Å². The van der Waals surface area contributed by atoms with Gasteiger partial charge in [-0.1, -0.05) is 31.9 Å². The Labute approximate surface area is 92.0 Å².